The lowest BCUT2D eigenvalue weighted by molar-refractivity contribution is -0.0498. The average molecular weight is 375 g/mol. The number of alkyl halides is 2. The van der Waals surface area contributed by atoms with E-state index in [0.29, 0.717) is 16.8 Å². The molecule has 3 N–H and O–H groups in total. The molecule has 142 valence electrons. The van der Waals surface area contributed by atoms with Crippen LogP contribution in [0.15, 0.2) is 48.5 Å². The van der Waals surface area contributed by atoms with Crippen molar-refractivity contribution < 1.29 is 23.1 Å². The maximum atomic E-state index is 12.2. The Morgan fingerprint density at radius 3 is 2.52 bits per heavy atom. The lowest BCUT2D eigenvalue weighted by Crippen LogP contribution is -2.30. The number of carbonyl (C=O) groups excluding carboxylic acids is 2. The van der Waals surface area contributed by atoms with Crippen molar-refractivity contribution in [1.29, 1.82) is 0 Å². The SMILES string of the molecule is O=C(Nc1ccc(C(=O)NCc2cccc(OC(F)F)c2)cc1)NC1CC1. The molecular weight excluding hydrogens is 356 g/mol. The first kappa shape index (κ1) is 18.6. The third kappa shape index (κ3) is 5.95. The molecule has 1 fully saturated rings. The van der Waals surface area contributed by atoms with Gasteiger partial charge in [0.2, 0.25) is 0 Å². The van der Waals surface area contributed by atoms with E-state index >= 15 is 0 Å². The van der Waals surface area contributed by atoms with E-state index in [9.17, 15) is 18.4 Å². The van der Waals surface area contributed by atoms with Crippen molar-refractivity contribution in [3.05, 3.63) is 59.7 Å². The first-order chi connectivity index (χ1) is 13.0. The van der Waals surface area contributed by atoms with E-state index in [1.807, 2.05) is 0 Å². The van der Waals surface area contributed by atoms with Gasteiger partial charge in [0, 0.05) is 23.8 Å². The normalized spacial score (nSPS) is 13.1. The average Bonchev–Trinajstić information content (AvgIpc) is 3.44. The fraction of sp³-hybridized carbons (Fsp3) is 0.263. The highest BCUT2D eigenvalue weighted by molar-refractivity contribution is 5.95. The molecule has 27 heavy (non-hydrogen) atoms. The third-order valence-electron chi connectivity index (χ3n) is 3.89. The van der Waals surface area contributed by atoms with Gasteiger partial charge in [0.05, 0.1) is 0 Å². The Kier molecular flexibility index (Phi) is 5.85. The number of halogens is 2. The fourth-order valence-electron chi connectivity index (χ4n) is 2.40. The number of hydrogen-bond donors (Lipinski definition) is 3. The summed E-state index contributed by atoms with van der Waals surface area (Å²) in [7, 11) is 0. The molecule has 2 aromatic carbocycles. The molecule has 0 unspecified atom stereocenters. The highest BCUT2D eigenvalue weighted by Crippen LogP contribution is 2.19. The summed E-state index contributed by atoms with van der Waals surface area (Å²) in [5.41, 5.74) is 1.64. The van der Waals surface area contributed by atoms with Crippen molar-refractivity contribution in [3.8, 4) is 5.75 Å². The van der Waals surface area contributed by atoms with E-state index < -0.39 is 6.61 Å². The minimum Gasteiger partial charge on any atom is -0.435 e. The number of urea groups is 1. The maximum absolute atomic E-state index is 12.2. The highest BCUT2D eigenvalue weighted by Gasteiger charge is 2.23. The molecule has 3 amide bonds. The summed E-state index contributed by atoms with van der Waals surface area (Å²) in [6.45, 7) is -2.73. The Morgan fingerprint density at radius 2 is 1.85 bits per heavy atom. The summed E-state index contributed by atoms with van der Waals surface area (Å²) in [5, 5.41) is 8.22. The Bertz CT molecular complexity index is 808. The molecule has 2 aromatic rings. The number of nitrogens with one attached hydrogen (secondary N) is 3. The molecule has 0 heterocycles. The monoisotopic (exact) mass is 375 g/mol. The number of anilines is 1. The fourth-order valence-corrected chi connectivity index (χ4v) is 2.40. The van der Waals surface area contributed by atoms with E-state index in [1.165, 1.54) is 12.1 Å². The van der Waals surface area contributed by atoms with Crippen LogP contribution in [-0.2, 0) is 6.54 Å². The molecule has 1 aliphatic rings. The van der Waals surface area contributed by atoms with Crippen molar-refractivity contribution in [2.75, 3.05) is 5.32 Å². The van der Waals surface area contributed by atoms with Gasteiger partial charge >= 0.3 is 12.6 Å². The second-order valence-corrected chi connectivity index (χ2v) is 6.16. The van der Waals surface area contributed by atoms with Gasteiger partial charge in [0.25, 0.3) is 5.91 Å². The number of ether oxygens (including phenoxy) is 1. The predicted octanol–water partition coefficient (Wildman–Crippen LogP) is 3.50. The zero-order valence-corrected chi connectivity index (χ0v) is 14.4. The second kappa shape index (κ2) is 8.48. The molecule has 0 radical (unpaired) electrons. The minimum absolute atomic E-state index is 0.0386. The van der Waals surface area contributed by atoms with Crippen LogP contribution in [0.25, 0.3) is 0 Å². The minimum atomic E-state index is -2.90. The molecule has 3 rings (SSSR count). The van der Waals surface area contributed by atoms with Gasteiger partial charge in [0.1, 0.15) is 5.75 Å². The van der Waals surface area contributed by atoms with Crippen LogP contribution in [0.4, 0.5) is 19.3 Å². The molecule has 1 aliphatic carbocycles. The predicted molar refractivity (Wildman–Crippen MR) is 95.9 cm³/mol. The first-order valence-corrected chi connectivity index (χ1v) is 8.49. The van der Waals surface area contributed by atoms with E-state index in [-0.39, 0.29) is 30.3 Å². The standard InChI is InChI=1S/C19H19F2N3O3/c20-18(21)27-16-3-1-2-12(10-16)11-22-17(25)13-4-6-14(7-5-13)23-19(26)24-15-8-9-15/h1-7,10,15,18H,8-9,11H2,(H,22,25)(H2,23,24,26). The molecule has 0 bridgehead atoms. The number of carbonyl (C=O) groups is 2. The van der Waals surface area contributed by atoms with E-state index in [0.717, 1.165) is 12.8 Å². The molecule has 6 nitrogen and oxygen atoms in total. The number of benzene rings is 2. The molecule has 0 spiro atoms. The van der Waals surface area contributed by atoms with Crippen LogP contribution in [0.1, 0.15) is 28.8 Å². The zero-order valence-electron chi connectivity index (χ0n) is 14.4. The Labute approximate surface area is 154 Å². The van der Waals surface area contributed by atoms with E-state index in [4.69, 9.17) is 0 Å². The van der Waals surface area contributed by atoms with Crippen LogP contribution in [0.5, 0.6) is 5.75 Å². The van der Waals surface area contributed by atoms with Crippen molar-refractivity contribution in [1.82, 2.24) is 10.6 Å². The third-order valence-corrected chi connectivity index (χ3v) is 3.89. The van der Waals surface area contributed by atoms with Gasteiger partial charge in [-0.3, -0.25) is 4.79 Å². The topological polar surface area (TPSA) is 79.5 Å². The van der Waals surface area contributed by atoms with E-state index in [1.54, 1.807) is 36.4 Å². The van der Waals surface area contributed by atoms with Gasteiger partial charge in [-0.1, -0.05) is 12.1 Å². The number of rotatable bonds is 7. The molecule has 8 heteroatoms. The Balaban J connectivity index is 1.51. The number of amides is 3. The Hall–Kier alpha value is -3.16. The van der Waals surface area contributed by atoms with Crippen LogP contribution >= 0.6 is 0 Å². The summed E-state index contributed by atoms with van der Waals surface area (Å²) in [5.74, 6) is -0.277. The van der Waals surface area contributed by atoms with Gasteiger partial charge in [0.15, 0.2) is 0 Å². The largest absolute Gasteiger partial charge is 0.435 e. The molecular formula is C19H19F2N3O3. The number of hydrogen-bond acceptors (Lipinski definition) is 3. The van der Waals surface area contributed by atoms with Crippen LogP contribution < -0.4 is 20.7 Å². The lowest BCUT2D eigenvalue weighted by atomic mass is 10.1. The molecule has 0 saturated heterocycles. The van der Waals surface area contributed by atoms with Crippen molar-refractivity contribution in [2.45, 2.75) is 32.0 Å². The van der Waals surface area contributed by atoms with Crippen molar-refractivity contribution in [2.24, 2.45) is 0 Å². The van der Waals surface area contributed by atoms with Crippen LogP contribution in [0, 0.1) is 0 Å². The summed E-state index contributed by atoms with van der Waals surface area (Å²) < 4.78 is 28.8. The summed E-state index contributed by atoms with van der Waals surface area (Å²) in [4.78, 5) is 23.9. The van der Waals surface area contributed by atoms with E-state index in [2.05, 4.69) is 20.7 Å². The van der Waals surface area contributed by atoms with Crippen LogP contribution in [-0.4, -0.2) is 24.6 Å². The van der Waals surface area contributed by atoms with Crippen molar-refractivity contribution in [3.63, 3.8) is 0 Å². The molecule has 1 saturated carbocycles. The van der Waals surface area contributed by atoms with Gasteiger partial charge in [-0.2, -0.15) is 8.78 Å². The highest BCUT2D eigenvalue weighted by atomic mass is 19.3. The molecule has 0 aromatic heterocycles. The second-order valence-electron chi connectivity index (χ2n) is 6.16. The maximum Gasteiger partial charge on any atom is 0.387 e. The quantitative estimate of drug-likeness (QED) is 0.693. The first-order valence-electron chi connectivity index (χ1n) is 8.49. The van der Waals surface area contributed by atoms with Gasteiger partial charge in [-0.05, 0) is 54.8 Å². The van der Waals surface area contributed by atoms with Crippen LogP contribution in [0.3, 0.4) is 0 Å². The zero-order chi connectivity index (χ0) is 19.2. The molecule has 0 atom stereocenters. The summed E-state index contributed by atoms with van der Waals surface area (Å²) in [6.07, 6.45) is 2.01. The van der Waals surface area contributed by atoms with Gasteiger partial charge < -0.3 is 20.7 Å². The molecule has 0 aliphatic heterocycles. The van der Waals surface area contributed by atoms with Gasteiger partial charge in [-0.15, -0.1) is 0 Å². The van der Waals surface area contributed by atoms with Gasteiger partial charge in [-0.25, -0.2) is 4.79 Å². The summed E-state index contributed by atoms with van der Waals surface area (Å²) >= 11 is 0. The lowest BCUT2D eigenvalue weighted by Gasteiger charge is -2.09. The Morgan fingerprint density at radius 1 is 1.11 bits per heavy atom. The summed E-state index contributed by atoms with van der Waals surface area (Å²) in [6, 6.07) is 12.6. The van der Waals surface area contributed by atoms with Crippen LogP contribution in [0.2, 0.25) is 0 Å². The van der Waals surface area contributed by atoms with Crippen molar-refractivity contribution >= 4 is 17.6 Å². The smallest absolute Gasteiger partial charge is 0.387 e.